The van der Waals surface area contributed by atoms with E-state index in [4.69, 9.17) is 9.95 Å². The van der Waals surface area contributed by atoms with Gasteiger partial charge in [-0.15, -0.1) is 0 Å². The van der Waals surface area contributed by atoms with Gasteiger partial charge in [-0.3, -0.25) is 4.79 Å². The van der Waals surface area contributed by atoms with Crippen molar-refractivity contribution in [2.75, 3.05) is 7.11 Å². The van der Waals surface area contributed by atoms with Gasteiger partial charge in [-0.25, -0.2) is 0 Å². The van der Waals surface area contributed by atoms with Gasteiger partial charge in [0.2, 0.25) is 0 Å². The second-order valence-corrected chi connectivity index (χ2v) is 2.85. The third-order valence-electron chi connectivity index (χ3n) is 1.91. The van der Waals surface area contributed by atoms with E-state index in [0.717, 1.165) is 0 Å². The molecule has 0 N–H and O–H groups in total. The van der Waals surface area contributed by atoms with Crippen LogP contribution in [0.1, 0.15) is 24.6 Å². The Hall–Kier alpha value is -1.94. The third kappa shape index (κ3) is 3.36. The van der Waals surface area contributed by atoms with Crippen molar-refractivity contribution >= 4 is 5.97 Å². The highest BCUT2D eigenvalue weighted by Crippen LogP contribution is 2.23. The van der Waals surface area contributed by atoms with Crippen LogP contribution in [0.4, 0.5) is 0 Å². The predicted octanol–water partition coefficient (Wildman–Crippen LogP) is 2.58. The predicted molar refractivity (Wildman–Crippen MR) is 51.8 cm³/mol. The van der Waals surface area contributed by atoms with E-state index in [0.29, 0.717) is 12.2 Å². The second-order valence-electron chi connectivity index (χ2n) is 2.85. The van der Waals surface area contributed by atoms with Gasteiger partial charge in [-0.1, -0.05) is 5.11 Å². The fourth-order valence-electron chi connectivity index (χ4n) is 1.16. The van der Waals surface area contributed by atoms with Gasteiger partial charge < -0.3 is 9.15 Å². The standard InChI is InChI=1S/C9H11N3O3/c1-14-9(13)5-4-7(11-12-10)8-3-2-6-15-8/h2-3,6-7H,4-5H2,1H3. The number of ether oxygens (including phenoxy) is 1. The molecule has 0 saturated carbocycles. The first-order valence-corrected chi connectivity index (χ1v) is 4.42. The summed E-state index contributed by atoms with van der Waals surface area (Å²) >= 11 is 0. The monoisotopic (exact) mass is 209 g/mol. The minimum absolute atomic E-state index is 0.195. The lowest BCUT2D eigenvalue weighted by molar-refractivity contribution is -0.140. The SMILES string of the molecule is COC(=O)CCC(N=[N+]=[N-])c1ccco1. The van der Waals surface area contributed by atoms with Gasteiger partial charge in [0.1, 0.15) is 5.76 Å². The average molecular weight is 209 g/mol. The molecular weight excluding hydrogens is 198 g/mol. The average Bonchev–Trinajstić information content (AvgIpc) is 2.76. The molecule has 0 aliphatic rings. The van der Waals surface area contributed by atoms with Crippen molar-refractivity contribution in [2.45, 2.75) is 18.9 Å². The normalized spacial score (nSPS) is 11.5. The topological polar surface area (TPSA) is 88.2 Å². The molecule has 0 aliphatic heterocycles. The van der Waals surface area contributed by atoms with E-state index in [1.54, 1.807) is 12.1 Å². The third-order valence-corrected chi connectivity index (χ3v) is 1.91. The molecule has 0 spiro atoms. The molecule has 0 bridgehead atoms. The minimum Gasteiger partial charge on any atom is -0.469 e. The summed E-state index contributed by atoms with van der Waals surface area (Å²) in [6.45, 7) is 0. The highest BCUT2D eigenvalue weighted by Gasteiger charge is 2.14. The smallest absolute Gasteiger partial charge is 0.305 e. The first kappa shape index (κ1) is 11.1. The largest absolute Gasteiger partial charge is 0.469 e. The van der Waals surface area contributed by atoms with Crippen molar-refractivity contribution < 1.29 is 13.9 Å². The van der Waals surface area contributed by atoms with E-state index in [2.05, 4.69) is 14.8 Å². The molecule has 80 valence electrons. The molecule has 0 aliphatic carbocycles. The van der Waals surface area contributed by atoms with Crippen molar-refractivity contribution in [3.05, 3.63) is 34.6 Å². The van der Waals surface area contributed by atoms with Crippen LogP contribution in [0, 0.1) is 0 Å². The second kappa shape index (κ2) is 5.72. The van der Waals surface area contributed by atoms with Gasteiger partial charge in [0.05, 0.1) is 19.4 Å². The van der Waals surface area contributed by atoms with Crippen LogP contribution in [0.5, 0.6) is 0 Å². The van der Waals surface area contributed by atoms with E-state index >= 15 is 0 Å². The highest BCUT2D eigenvalue weighted by atomic mass is 16.5. The first-order chi connectivity index (χ1) is 7.27. The van der Waals surface area contributed by atoms with Crippen molar-refractivity contribution in [3.63, 3.8) is 0 Å². The summed E-state index contributed by atoms with van der Waals surface area (Å²) in [4.78, 5) is 13.6. The van der Waals surface area contributed by atoms with Crippen molar-refractivity contribution in [3.8, 4) is 0 Å². The van der Waals surface area contributed by atoms with E-state index in [1.165, 1.54) is 13.4 Å². The Morgan fingerprint density at radius 2 is 2.60 bits per heavy atom. The number of hydrogen-bond acceptors (Lipinski definition) is 4. The zero-order valence-electron chi connectivity index (χ0n) is 8.29. The number of nitrogens with zero attached hydrogens (tertiary/aromatic N) is 3. The highest BCUT2D eigenvalue weighted by molar-refractivity contribution is 5.69. The van der Waals surface area contributed by atoms with Gasteiger partial charge in [0.25, 0.3) is 0 Å². The van der Waals surface area contributed by atoms with Gasteiger partial charge in [0, 0.05) is 11.3 Å². The Morgan fingerprint density at radius 1 is 1.80 bits per heavy atom. The van der Waals surface area contributed by atoms with Crippen LogP contribution >= 0.6 is 0 Å². The molecule has 6 nitrogen and oxygen atoms in total. The molecule has 0 amide bonds. The van der Waals surface area contributed by atoms with Crippen LogP contribution in [0.15, 0.2) is 27.9 Å². The lowest BCUT2D eigenvalue weighted by Gasteiger charge is -2.06. The van der Waals surface area contributed by atoms with Crippen molar-refractivity contribution in [1.29, 1.82) is 0 Å². The zero-order chi connectivity index (χ0) is 11.1. The van der Waals surface area contributed by atoms with Crippen LogP contribution in [0.3, 0.4) is 0 Å². The maximum atomic E-state index is 10.9. The van der Waals surface area contributed by atoms with E-state index in [-0.39, 0.29) is 12.4 Å². The van der Waals surface area contributed by atoms with Crippen LogP contribution in [0.25, 0.3) is 10.4 Å². The molecule has 15 heavy (non-hydrogen) atoms. The molecule has 0 radical (unpaired) electrons. The molecule has 6 heteroatoms. The molecule has 1 atom stereocenters. The number of rotatable bonds is 5. The molecular formula is C9H11N3O3. The quantitative estimate of drug-likeness (QED) is 0.323. The van der Waals surface area contributed by atoms with E-state index in [9.17, 15) is 4.79 Å². The molecule has 0 fully saturated rings. The maximum absolute atomic E-state index is 10.9. The van der Waals surface area contributed by atoms with Crippen LogP contribution in [-0.4, -0.2) is 13.1 Å². The maximum Gasteiger partial charge on any atom is 0.305 e. The number of azide groups is 1. The van der Waals surface area contributed by atoms with Crippen LogP contribution < -0.4 is 0 Å². The summed E-state index contributed by atoms with van der Waals surface area (Å²) in [5.74, 6) is 0.219. The number of carbonyl (C=O) groups excluding carboxylic acids is 1. The molecule has 1 aromatic rings. The van der Waals surface area contributed by atoms with Gasteiger partial charge >= 0.3 is 5.97 Å². The van der Waals surface area contributed by atoms with Gasteiger partial charge in [-0.2, -0.15) is 0 Å². The summed E-state index contributed by atoms with van der Waals surface area (Å²) < 4.78 is 9.59. The number of furan rings is 1. The lowest BCUT2D eigenvalue weighted by Crippen LogP contribution is -2.03. The molecule has 1 rings (SSSR count). The fourth-order valence-corrected chi connectivity index (χ4v) is 1.16. The molecule has 1 heterocycles. The van der Waals surface area contributed by atoms with Gasteiger partial charge in [-0.05, 0) is 24.1 Å². The first-order valence-electron chi connectivity index (χ1n) is 4.42. The van der Waals surface area contributed by atoms with Gasteiger partial charge in [0.15, 0.2) is 0 Å². The Morgan fingerprint density at radius 3 is 3.13 bits per heavy atom. The Balaban J connectivity index is 2.60. The van der Waals surface area contributed by atoms with Crippen molar-refractivity contribution in [2.24, 2.45) is 5.11 Å². The Bertz CT molecular complexity index is 355. The number of methoxy groups -OCH3 is 1. The van der Waals surface area contributed by atoms with E-state index < -0.39 is 6.04 Å². The Labute approximate surface area is 86.5 Å². The van der Waals surface area contributed by atoms with Crippen LogP contribution in [-0.2, 0) is 9.53 Å². The summed E-state index contributed by atoms with van der Waals surface area (Å²) in [6, 6.07) is 2.95. The summed E-state index contributed by atoms with van der Waals surface area (Å²) in [6.07, 6.45) is 2.07. The molecule has 1 unspecified atom stereocenters. The number of hydrogen-bond donors (Lipinski definition) is 0. The molecule has 0 aromatic carbocycles. The number of esters is 1. The Kier molecular flexibility index (Phi) is 4.25. The van der Waals surface area contributed by atoms with E-state index in [1.807, 2.05) is 0 Å². The fraction of sp³-hybridized carbons (Fsp3) is 0.444. The summed E-state index contributed by atoms with van der Waals surface area (Å²) in [5.41, 5.74) is 8.36. The summed E-state index contributed by atoms with van der Waals surface area (Å²) in [7, 11) is 1.32. The lowest BCUT2D eigenvalue weighted by atomic mass is 10.1. The van der Waals surface area contributed by atoms with Crippen LogP contribution in [0.2, 0.25) is 0 Å². The minimum atomic E-state index is -0.455. The van der Waals surface area contributed by atoms with Crippen molar-refractivity contribution in [1.82, 2.24) is 0 Å². The molecule has 1 aromatic heterocycles. The molecule has 0 saturated heterocycles. The summed E-state index contributed by atoms with van der Waals surface area (Å²) in [5, 5.41) is 3.55. The number of carbonyl (C=O) groups is 1. The zero-order valence-corrected chi connectivity index (χ0v) is 8.29.